The molecule has 7 heteroatoms. The molecule has 6 nitrogen and oxygen atoms in total. The number of hydrogen-bond donors (Lipinski definition) is 2. The molecule has 0 aromatic carbocycles. The minimum absolute atomic E-state index is 0.111. The molecule has 20 heavy (non-hydrogen) atoms. The minimum Gasteiger partial charge on any atom is -0.478 e. The molecule has 2 rings (SSSR count). The fraction of sp³-hybridized carbons (Fsp3) is 0.308. The van der Waals surface area contributed by atoms with E-state index < -0.39 is 5.97 Å². The minimum atomic E-state index is -1.05. The Labute approximate surface area is 120 Å². The van der Waals surface area contributed by atoms with Gasteiger partial charge in [0.05, 0.1) is 11.3 Å². The fourth-order valence-corrected chi connectivity index (χ4v) is 2.80. The quantitative estimate of drug-likeness (QED) is 0.907. The zero-order valence-corrected chi connectivity index (χ0v) is 12.2. The number of carbonyl (C=O) groups is 2. The second kappa shape index (κ2) is 5.46. The van der Waals surface area contributed by atoms with E-state index in [4.69, 9.17) is 5.11 Å². The maximum absolute atomic E-state index is 12.2. The number of carboxylic acids is 1. The normalized spacial score (nSPS) is 10.6. The summed E-state index contributed by atoms with van der Waals surface area (Å²) < 4.78 is 1.59. The molecule has 0 fully saturated rings. The van der Waals surface area contributed by atoms with E-state index in [1.165, 1.54) is 11.3 Å². The van der Waals surface area contributed by atoms with Gasteiger partial charge in [0, 0.05) is 11.4 Å². The molecule has 0 aliphatic rings. The smallest absolute Gasteiger partial charge is 0.338 e. The lowest BCUT2D eigenvalue weighted by Crippen LogP contribution is -2.18. The lowest BCUT2D eigenvalue weighted by molar-refractivity contribution is 0.0698. The predicted octanol–water partition coefficient (Wildman–Crippen LogP) is 2.53. The monoisotopic (exact) mass is 293 g/mol. The van der Waals surface area contributed by atoms with Gasteiger partial charge in [0.25, 0.3) is 5.91 Å². The molecule has 2 aromatic rings. The van der Waals surface area contributed by atoms with Crippen molar-refractivity contribution in [2.45, 2.75) is 27.3 Å². The van der Waals surface area contributed by atoms with Gasteiger partial charge < -0.3 is 10.4 Å². The lowest BCUT2D eigenvalue weighted by atomic mass is 10.3. The molecular weight excluding hydrogens is 278 g/mol. The van der Waals surface area contributed by atoms with Crippen LogP contribution in [0.1, 0.15) is 38.3 Å². The van der Waals surface area contributed by atoms with Gasteiger partial charge >= 0.3 is 5.97 Å². The van der Waals surface area contributed by atoms with Crippen LogP contribution in [0.2, 0.25) is 0 Å². The summed E-state index contributed by atoms with van der Waals surface area (Å²) in [6, 6.07) is 3.23. The molecule has 0 spiro atoms. The van der Waals surface area contributed by atoms with Crippen molar-refractivity contribution >= 4 is 28.2 Å². The average Bonchev–Trinajstić information content (AvgIpc) is 2.92. The van der Waals surface area contributed by atoms with Crippen molar-refractivity contribution < 1.29 is 14.7 Å². The molecule has 0 saturated carbocycles. The summed E-state index contributed by atoms with van der Waals surface area (Å²) in [6.07, 6.45) is 0. The first-order chi connectivity index (χ1) is 9.42. The SMILES string of the molecule is CCn1nc(C)cc1C(=O)Nc1sc(C)cc1C(=O)O. The molecule has 0 aliphatic heterocycles. The zero-order chi connectivity index (χ0) is 14.9. The van der Waals surface area contributed by atoms with Gasteiger partial charge in [-0.3, -0.25) is 9.48 Å². The van der Waals surface area contributed by atoms with Gasteiger partial charge in [-0.25, -0.2) is 4.79 Å². The van der Waals surface area contributed by atoms with E-state index in [2.05, 4.69) is 10.4 Å². The standard InChI is InChI=1S/C13H15N3O3S/c1-4-16-10(5-7(2)15-16)11(17)14-12-9(13(18)19)6-8(3)20-12/h5-6H,4H2,1-3H3,(H,14,17)(H,18,19). The molecule has 0 aliphatic carbocycles. The first-order valence-electron chi connectivity index (χ1n) is 6.12. The van der Waals surface area contributed by atoms with E-state index in [0.717, 1.165) is 10.6 Å². The number of aromatic nitrogens is 2. The summed E-state index contributed by atoms with van der Waals surface area (Å²) in [6.45, 7) is 6.07. The van der Waals surface area contributed by atoms with Gasteiger partial charge in [0.2, 0.25) is 0 Å². The van der Waals surface area contributed by atoms with Gasteiger partial charge in [0.1, 0.15) is 10.7 Å². The highest BCUT2D eigenvalue weighted by atomic mass is 32.1. The molecule has 2 aromatic heterocycles. The largest absolute Gasteiger partial charge is 0.478 e. The molecule has 0 bridgehead atoms. The first kappa shape index (κ1) is 14.3. The molecule has 2 heterocycles. The number of thiophene rings is 1. The van der Waals surface area contributed by atoms with Crippen LogP contribution in [0.5, 0.6) is 0 Å². The summed E-state index contributed by atoms with van der Waals surface area (Å²) in [5, 5.41) is 16.3. The van der Waals surface area contributed by atoms with E-state index >= 15 is 0 Å². The van der Waals surface area contributed by atoms with E-state index in [1.54, 1.807) is 30.7 Å². The Kier molecular flexibility index (Phi) is 3.89. The van der Waals surface area contributed by atoms with E-state index in [-0.39, 0.29) is 11.5 Å². The van der Waals surface area contributed by atoms with Crippen LogP contribution in [-0.4, -0.2) is 26.8 Å². The Morgan fingerprint density at radius 3 is 2.70 bits per heavy atom. The van der Waals surface area contributed by atoms with Crippen molar-refractivity contribution in [1.29, 1.82) is 0 Å². The number of amides is 1. The molecule has 0 atom stereocenters. The van der Waals surface area contributed by atoms with Crippen LogP contribution in [0.4, 0.5) is 5.00 Å². The maximum Gasteiger partial charge on any atom is 0.338 e. The second-order valence-electron chi connectivity index (χ2n) is 4.35. The Bertz CT molecular complexity index is 672. The van der Waals surface area contributed by atoms with Gasteiger partial charge in [-0.2, -0.15) is 5.10 Å². The summed E-state index contributed by atoms with van der Waals surface area (Å²) in [4.78, 5) is 24.2. The van der Waals surface area contributed by atoms with Crippen LogP contribution in [0.15, 0.2) is 12.1 Å². The first-order valence-corrected chi connectivity index (χ1v) is 6.93. The third-order valence-electron chi connectivity index (χ3n) is 2.75. The van der Waals surface area contributed by atoms with Crippen LogP contribution < -0.4 is 5.32 Å². The molecule has 1 amide bonds. The molecule has 0 radical (unpaired) electrons. The lowest BCUT2D eigenvalue weighted by Gasteiger charge is -2.05. The predicted molar refractivity (Wildman–Crippen MR) is 76.6 cm³/mol. The van der Waals surface area contributed by atoms with Crippen molar-refractivity contribution in [1.82, 2.24) is 9.78 Å². The fourth-order valence-electron chi connectivity index (χ4n) is 1.90. The summed E-state index contributed by atoms with van der Waals surface area (Å²) in [7, 11) is 0. The highest BCUT2D eigenvalue weighted by molar-refractivity contribution is 7.16. The van der Waals surface area contributed by atoms with Crippen molar-refractivity contribution in [2.75, 3.05) is 5.32 Å². The highest BCUT2D eigenvalue weighted by Crippen LogP contribution is 2.28. The molecule has 0 unspecified atom stereocenters. The van der Waals surface area contributed by atoms with Crippen molar-refractivity contribution in [3.8, 4) is 0 Å². The second-order valence-corrected chi connectivity index (χ2v) is 5.60. The topological polar surface area (TPSA) is 84.2 Å². The summed E-state index contributed by atoms with van der Waals surface area (Å²) in [5.41, 5.74) is 1.28. The summed E-state index contributed by atoms with van der Waals surface area (Å²) in [5.74, 6) is -1.40. The molecule has 0 saturated heterocycles. The van der Waals surface area contributed by atoms with Crippen LogP contribution in [0, 0.1) is 13.8 Å². The van der Waals surface area contributed by atoms with Crippen LogP contribution in [0.25, 0.3) is 0 Å². The molecule has 106 valence electrons. The number of anilines is 1. The Hall–Kier alpha value is -2.15. The third kappa shape index (κ3) is 2.72. The number of nitrogens with zero attached hydrogens (tertiary/aromatic N) is 2. The number of hydrogen-bond acceptors (Lipinski definition) is 4. The number of carboxylic acid groups (broad SMARTS) is 1. The zero-order valence-electron chi connectivity index (χ0n) is 11.4. The van der Waals surface area contributed by atoms with Gasteiger partial charge in [-0.05, 0) is 32.9 Å². The van der Waals surface area contributed by atoms with Crippen LogP contribution in [-0.2, 0) is 6.54 Å². The van der Waals surface area contributed by atoms with Crippen LogP contribution in [0.3, 0.4) is 0 Å². The van der Waals surface area contributed by atoms with E-state index in [9.17, 15) is 9.59 Å². The Balaban J connectivity index is 2.30. The average molecular weight is 293 g/mol. The van der Waals surface area contributed by atoms with E-state index in [1.807, 2.05) is 6.92 Å². The summed E-state index contributed by atoms with van der Waals surface area (Å²) >= 11 is 1.24. The molecule has 2 N–H and O–H groups in total. The van der Waals surface area contributed by atoms with Crippen molar-refractivity contribution in [2.24, 2.45) is 0 Å². The third-order valence-corrected chi connectivity index (χ3v) is 3.71. The highest BCUT2D eigenvalue weighted by Gasteiger charge is 2.19. The maximum atomic E-state index is 12.2. The van der Waals surface area contributed by atoms with E-state index in [0.29, 0.717) is 17.2 Å². The number of aryl methyl sites for hydroxylation is 3. The Morgan fingerprint density at radius 1 is 1.40 bits per heavy atom. The van der Waals surface area contributed by atoms with Gasteiger partial charge in [-0.15, -0.1) is 11.3 Å². The number of aromatic carboxylic acids is 1. The van der Waals surface area contributed by atoms with Crippen molar-refractivity contribution in [3.05, 3.63) is 34.0 Å². The number of nitrogens with one attached hydrogen (secondary N) is 1. The molecular formula is C13H15N3O3S. The van der Waals surface area contributed by atoms with Crippen LogP contribution >= 0.6 is 11.3 Å². The van der Waals surface area contributed by atoms with Crippen molar-refractivity contribution in [3.63, 3.8) is 0 Å². The van der Waals surface area contributed by atoms with Gasteiger partial charge in [-0.1, -0.05) is 0 Å². The van der Waals surface area contributed by atoms with Gasteiger partial charge in [0.15, 0.2) is 0 Å². The number of carbonyl (C=O) groups excluding carboxylic acids is 1. The Morgan fingerprint density at radius 2 is 2.10 bits per heavy atom. The number of rotatable bonds is 4.